The van der Waals surface area contributed by atoms with Gasteiger partial charge < -0.3 is 19.3 Å². The van der Waals surface area contributed by atoms with E-state index in [2.05, 4.69) is 52.9 Å². The first-order valence-corrected chi connectivity index (χ1v) is 12.0. The number of amides is 1. The van der Waals surface area contributed by atoms with E-state index in [4.69, 9.17) is 9.52 Å². The van der Waals surface area contributed by atoms with Gasteiger partial charge in [-0.05, 0) is 44.5 Å². The highest BCUT2D eigenvalue weighted by Crippen LogP contribution is 2.38. The number of hydrogen-bond donors (Lipinski definition) is 1. The van der Waals surface area contributed by atoms with Gasteiger partial charge in [-0.3, -0.25) is 9.69 Å². The fourth-order valence-electron chi connectivity index (χ4n) is 5.32. The van der Waals surface area contributed by atoms with Crippen LogP contribution in [0.1, 0.15) is 42.2 Å². The van der Waals surface area contributed by atoms with Crippen LogP contribution in [-0.4, -0.2) is 70.0 Å². The monoisotopic (exact) mass is 474 g/mol. The summed E-state index contributed by atoms with van der Waals surface area (Å²) < 4.78 is 5.81. The lowest BCUT2D eigenvalue weighted by molar-refractivity contribution is -0.136. The van der Waals surface area contributed by atoms with E-state index in [9.17, 15) is 9.59 Å². The summed E-state index contributed by atoms with van der Waals surface area (Å²) in [6.07, 6.45) is 8.05. The van der Waals surface area contributed by atoms with Crippen LogP contribution in [-0.2, 0) is 4.79 Å². The molecule has 1 saturated heterocycles. The van der Waals surface area contributed by atoms with E-state index in [0.29, 0.717) is 26.2 Å². The zero-order chi connectivity index (χ0) is 24.5. The first-order valence-electron chi connectivity index (χ1n) is 12.0. The summed E-state index contributed by atoms with van der Waals surface area (Å²) in [7, 11) is 0. The number of hydrogen-bond acceptors (Lipinski definition) is 6. The smallest absolute Gasteiger partial charge is 0.337 e. The Morgan fingerprint density at radius 2 is 1.89 bits per heavy atom. The summed E-state index contributed by atoms with van der Waals surface area (Å²) in [6.45, 7) is 6.62. The Morgan fingerprint density at radius 3 is 2.60 bits per heavy atom. The third-order valence-electron chi connectivity index (χ3n) is 7.13. The summed E-state index contributed by atoms with van der Waals surface area (Å²) in [6, 6.07) is 11.6. The molecule has 1 amide bonds. The lowest BCUT2D eigenvalue weighted by Crippen LogP contribution is -2.59. The molecule has 5 rings (SSSR count). The van der Waals surface area contributed by atoms with E-state index in [-0.39, 0.29) is 29.6 Å². The van der Waals surface area contributed by atoms with Gasteiger partial charge in [0.1, 0.15) is 11.6 Å². The van der Waals surface area contributed by atoms with Crippen molar-refractivity contribution < 1.29 is 19.1 Å². The SMILES string of the molecule is C[C@@H]1CN(c2ccc(C(=O)O)cn2)C[C@H](C)N1CC(=O)N1CC=CCC1c1ccc2cccoc1-2. The fourth-order valence-corrected chi connectivity index (χ4v) is 5.32. The third-order valence-corrected chi connectivity index (χ3v) is 7.13. The van der Waals surface area contributed by atoms with E-state index in [1.54, 1.807) is 18.4 Å². The molecule has 3 atom stereocenters. The minimum Gasteiger partial charge on any atom is -0.478 e. The number of piperazine rings is 1. The Morgan fingerprint density at radius 1 is 1.09 bits per heavy atom. The van der Waals surface area contributed by atoms with Crippen LogP contribution in [0.4, 0.5) is 5.82 Å². The van der Waals surface area contributed by atoms with E-state index in [1.165, 1.54) is 6.20 Å². The van der Waals surface area contributed by atoms with Gasteiger partial charge in [0.15, 0.2) is 0 Å². The summed E-state index contributed by atoms with van der Waals surface area (Å²) in [4.78, 5) is 35.4. The van der Waals surface area contributed by atoms with Gasteiger partial charge in [-0.1, -0.05) is 24.3 Å². The van der Waals surface area contributed by atoms with Crippen LogP contribution in [0, 0.1) is 0 Å². The normalized spacial score (nSPS) is 23.1. The summed E-state index contributed by atoms with van der Waals surface area (Å²) >= 11 is 0. The number of nitrogens with zero attached hydrogens (tertiary/aromatic N) is 4. The van der Waals surface area contributed by atoms with Crippen LogP contribution in [0.25, 0.3) is 11.3 Å². The number of pyridine rings is 1. The highest BCUT2D eigenvalue weighted by Gasteiger charge is 2.35. The van der Waals surface area contributed by atoms with E-state index in [1.807, 2.05) is 17.0 Å². The number of carboxylic acids is 1. The second-order valence-electron chi connectivity index (χ2n) is 9.44. The lowest BCUT2D eigenvalue weighted by Gasteiger charge is -2.45. The van der Waals surface area contributed by atoms with Gasteiger partial charge in [-0.25, -0.2) is 9.78 Å². The maximum atomic E-state index is 13.6. The Hall–Kier alpha value is -3.65. The number of carboxylic acid groups (broad SMARTS) is 1. The average molecular weight is 475 g/mol. The van der Waals surface area contributed by atoms with Gasteiger partial charge in [0.25, 0.3) is 0 Å². The Kier molecular flexibility index (Phi) is 6.30. The molecular formula is C27H30N4O4. The van der Waals surface area contributed by atoms with Crippen molar-refractivity contribution in [1.29, 1.82) is 0 Å². The highest BCUT2D eigenvalue weighted by molar-refractivity contribution is 5.87. The molecule has 1 N–H and O–H groups in total. The van der Waals surface area contributed by atoms with Gasteiger partial charge in [0.05, 0.1) is 24.4 Å². The standard InChI is InChI=1S/C27H30N4O4/c1-18-15-29(24-11-9-21(14-28-24)27(33)34)16-19(2)31(18)17-25(32)30-12-4-3-7-23(30)22-10-8-20-6-5-13-35-26(20)22/h3-6,8-11,13-14,18-19,23H,7,12,15-17H2,1-2H3,(H,33,34)/t18-,19+,23?. The number of aromatic nitrogens is 1. The lowest BCUT2D eigenvalue weighted by atomic mass is 9.99. The van der Waals surface area contributed by atoms with Crippen molar-refractivity contribution in [2.24, 2.45) is 0 Å². The van der Waals surface area contributed by atoms with Crippen molar-refractivity contribution in [3.63, 3.8) is 0 Å². The molecule has 0 radical (unpaired) electrons. The van der Waals surface area contributed by atoms with E-state index in [0.717, 1.165) is 29.1 Å². The first kappa shape index (κ1) is 23.1. The van der Waals surface area contributed by atoms with Gasteiger partial charge in [-0.2, -0.15) is 0 Å². The van der Waals surface area contributed by atoms with Gasteiger partial charge >= 0.3 is 5.97 Å². The van der Waals surface area contributed by atoms with E-state index < -0.39 is 5.97 Å². The summed E-state index contributed by atoms with van der Waals surface area (Å²) in [5.41, 5.74) is 2.28. The average Bonchev–Trinajstić information content (AvgIpc) is 3.30. The minimum absolute atomic E-state index is 0.0417. The Labute approximate surface area is 204 Å². The Bertz CT molecular complexity index is 1190. The molecule has 1 aliphatic carbocycles. The molecule has 0 saturated carbocycles. The second kappa shape index (κ2) is 9.54. The molecule has 3 aliphatic heterocycles. The number of aromatic carboxylic acids is 1. The molecule has 35 heavy (non-hydrogen) atoms. The number of carbonyl (C=O) groups is 2. The molecule has 1 fully saturated rings. The molecule has 0 bridgehead atoms. The van der Waals surface area contributed by atoms with Gasteiger partial charge in [0, 0.05) is 49.0 Å². The molecule has 4 heterocycles. The molecular weight excluding hydrogens is 444 g/mol. The molecule has 0 aromatic carbocycles. The van der Waals surface area contributed by atoms with Crippen LogP contribution in [0.15, 0.2) is 65.4 Å². The van der Waals surface area contributed by atoms with Crippen LogP contribution in [0.5, 0.6) is 0 Å². The van der Waals surface area contributed by atoms with Crippen LogP contribution in [0.3, 0.4) is 0 Å². The number of fused-ring (bicyclic) bond motifs is 1. The quantitative estimate of drug-likeness (QED) is 0.561. The van der Waals surface area contributed by atoms with Crippen molar-refractivity contribution in [1.82, 2.24) is 14.8 Å². The molecule has 4 aliphatic rings. The summed E-state index contributed by atoms with van der Waals surface area (Å²) in [5.74, 6) is 0.735. The van der Waals surface area contributed by atoms with Crippen LogP contribution in [0.2, 0.25) is 0 Å². The fraction of sp³-hybridized carbons (Fsp3) is 0.370. The van der Waals surface area contributed by atoms with Crippen molar-refractivity contribution >= 4 is 17.7 Å². The predicted octanol–water partition coefficient (Wildman–Crippen LogP) is 3.91. The first-order chi connectivity index (χ1) is 16.9. The topological polar surface area (TPSA) is 90.1 Å². The van der Waals surface area contributed by atoms with Crippen molar-refractivity contribution in [2.75, 3.05) is 31.1 Å². The third kappa shape index (κ3) is 4.53. The zero-order valence-electron chi connectivity index (χ0n) is 20.0. The maximum absolute atomic E-state index is 13.6. The molecule has 0 spiro atoms. The Balaban J connectivity index is 1.28. The number of anilines is 1. The number of carbonyl (C=O) groups excluding carboxylic acids is 1. The molecule has 1 unspecified atom stereocenters. The molecule has 1 aromatic heterocycles. The van der Waals surface area contributed by atoms with E-state index >= 15 is 0 Å². The van der Waals surface area contributed by atoms with Gasteiger partial charge in [0.2, 0.25) is 5.91 Å². The molecule has 8 nitrogen and oxygen atoms in total. The highest BCUT2D eigenvalue weighted by atomic mass is 16.4. The minimum atomic E-state index is -0.983. The van der Waals surface area contributed by atoms with Crippen molar-refractivity contribution in [3.8, 4) is 11.3 Å². The summed E-state index contributed by atoms with van der Waals surface area (Å²) in [5, 5.41) is 9.12. The predicted molar refractivity (Wildman–Crippen MR) is 133 cm³/mol. The number of rotatable bonds is 5. The zero-order valence-corrected chi connectivity index (χ0v) is 20.0. The largest absolute Gasteiger partial charge is 0.478 e. The molecule has 182 valence electrons. The maximum Gasteiger partial charge on any atom is 0.337 e. The molecule has 1 aromatic rings. The van der Waals surface area contributed by atoms with Crippen molar-refractivity contribution in [3.05, 3.63) is 72.1 Å². The van der Waals surface area contributed by atoms with Crippen molar-refractivity contribution in [2.45, 2.75) is 38.4 Å². The van der Waals surface area contributed by atoms with Gasteiger partial charge in [-0.15, -0.1) is 0 Å². The second-order valence-corrected chi connectivity index (χ2v) is 9.44. The van der Waals surface area contributed by atoms with Crippen LogP contribution >= 0.6 is 0 Å². The van der Waals surface area contributed by atoms with Crippen LogP contribution < -0.4 is 4.90 Å². The molecule has 8 heteroatoms.